The summed E-state index contributed by atoms with van der Waals surface area (Å²) < 4.78 is 0.924. The standard InChI is InChI=1S/C12H18BrN3S/c1-8(16(2)3)7-15-10-6-4-5-9(13)11(10)12(14)17/h4-6,8,15H,7H2,1-3H3,(H2,14,17). The number of likely N-dealkylation sites (N-methyl/N-ethyl adjacent to an activating group) is 1. The smallest absolute Gasteiger partial charge is 0.107 e. The Morgan fingerprint density at radius 2 is 2.18 bits per heavy atom. The molecule has 0 saturated carbocycles. The van der Waals surface area contributed by atoms with Crippen LogP contribution in [0.5, 0.6) is 0 Å². The van der Waals surface area contributed by atoms with E-state index in [4.69, 9.17) is 18.0 Å². The van der Waals surface area contributed by atoms with Gasteiger partial charge in [-0.25, -0.2) is 0 Å². The lowest BCUT2D eigenvalue weighted by molar-refractivity contribution is 0.326. The predicted molar refractivity (Wildman–Crippen MR) is 81.7 cm³/mol. The van der Waals surface area contributed by atoms with Crippen LogP contribution < -0.4 is 11.1 Å². The number of nitrogens with two attached hydrogens (primary N) is 1. The molecule has 17 heavy (non-hydrogen) atoms. The average Bonchev–Trinajstić information content (AvgIpc) is 2.24. The van der Waals surface area contributed by atoms with Gasteiger partial charge in [-0.1, -0.05) is 18.3 Å². The Labute approximate surface area is 116 Å². The molecule has 3 N–H and O–H groups in total. The minimum atomic E-state index is 0.400. The third-order valence-electron chi connectivity index (χ3n) is 2.73. The number of halogens is 1. The van der Waals surface area contributed by atoms with Crippen molar-refractivity contribution in [3.8, 4) is 0 Å². The van der Waals surface area contributed by atoms with Crippen LogP contribution in [0.2, 0.25) is 0 Å². The van der Waals surface area contributed by atoms with Gasteiger partial charge in [-0.05, 0) is 49.1 Å². The van der Waals surface area contributed by atoms with Crippen molar-refractivity contribution in [3.63, 3.8) is 0 Å². The van der Waals surface area contributed by atoms with Gasteiger partial charge in [-0.15, -0.1) is 0 Å². The molecule has 0 aliphatic heterocycles. The quantitative estimate of drug-likeness (QED) is 0.819. The Bertz CT molecular complexity index is 407. The first-order valence-corrected chi connectivity index (χ1v) is 6.62. The molecule has 0 heterocycles. The van der Waals surface area contributed by atoms with Gasteiger partial charge in [0, 0.05) is 28.3 Å². The third kappa shape index (κ3) is 3.94. The number of rotatable bonds is 5. The predicted octanol–water partition coefficient (Wildman–Crippen LogP) is 2.45. The van der Waals surface area contributed by atoms with Crippen molar-refractivity contribution in [1.29, 1.82) is 0 Å². The number of benzene rings is 1. The van der Waals surface area contributed by atoms with Gasteiger partial charge in [0.05, 0.1) is 0 Å². The summed E-state index contributed by atoms with van der Waals surface area (Å²) in [4.78, 5) is 2.56. The maximum absolute atomic E-state index is 5.73. The van der Waals surface area contributed by atoms with E-state index >= 15 is 0 Å². The first-order chi connectivity index (χ1) is 7.93. The van der Waals surface area contributed by atoms with Crippen LogP contribution >= 0.6 is 28.1 Å². The van der Waals surface area contributed by atoms with Crippen LogP contribution in [0.15, 0.2) is 22.7 Å². The van der Waals surface area contributed by atoms with Crippen molar-refractivity contribution < 1.29 is 0 Å². The molecule has 0 bridgehead atoms. The Hall–Kier alpha value is -0.650. The Balaban J connectivity index is 2.84. The second-order valence-electron chi connectivity index (χ2n) is 4.22. The zero-order chi connectivity index (χ0) is 13.0. The van der Waals surface area contributed by atoms with Gasteiger partial charge in [0.1, 0.15) is 4.99 Å². The summed E-state index contributed by atoms with van der Waals surface area (Å²) in [6.07, 6.45) is 0. The molecule has 1 atom stereocenters. The van der Waals surface area contributed by atoms with Crippen LogP contribution in [0, 0.1) is 0 Å². The molecule has 1 aromatic carbocycles. The molecule has 0 aliphatic rings. The SMILES string of the molecule is CC(CNc1cccc(Br)c1C(N)=S)N(C)C. The molecular formula is C12H18BrN3S. The van der Waals surface area contributed by atoms with Crippen molar-refractivity contribution in [1.82, 2.24) is 4.90 Å². The van der Waals surface area contributed by atoms with Gasteiger partial charge in [-0.3, -0.25) is 0 Å². The molecular weight excluding hydrogens is 298 g/mol. The van der Waals surface area contributed by atoms with Crippen molar-refractivity contribution in [3.05, 3.63) is 28.2 Å². The highest BCUT2D eigenvalue weighted by molar-refractivity contribution is 9.10. The van der Waals surface area contributed by atoms with E-state index < -0.39 is 0 Å². The monoisotopic (exact) mass is 315 g/mol. The maximum Gasteiger partial charge on any atom is 0.107 e. The van der Waals surface area contributed by atoms with Crippen molar-refractivity contribution >= 4 is 38.8 Å². The molecule has 1 unspecified atom stereocenters. The minimum Gasteiger partial charge on any atom is -0.389 e. The molecule has 0 spiro atoms. The Morgan fingerprint density at radius 3 is 2.71 bits per heavy atom. The molecule has 0 radical (unpaired) electrons. The Morgan fingerprint density at radius 1 is 1.53 bits per heavy atom. The van der Waals surface area contributed by atoms with Crippen LogP contribution in [-0.2, 0) is 0 Å². The molecule has 0 amide bonds. The number of hydrogen-bond donors (Lipinski definition) is 2. The lowest BCUT2D eigenvalue weighted by Gasteiger charge is -2.21. The first kappa shape index (κ1) is 14.4. The van der Waals surface area contributed by atoms with E-state index in [-0.39, 0.29) is 0 Å². The van der Waals surface area contributed by atoms with Gasteiger partial charge in [-0.2, -0.15) is 0 Å². The molecule has 0 fully saturated rings. The highest BCUT2D eigenvalue weighted by atomic mass is 79.9. The molecule has 1 rings (SSSR count). The van der Waals surface area contributed by atoms with Crippen molar-refractivity contribution in [2.45, 2.75) is 13.0 Å². The second-order valence-corrected chi connectivity index (χ2v) is 5.51. The van der Waals surface area contributed by atoms with Gasteiger partial charge >= 0.3 is 0 Å². The number of anilines is 1. The molecule has 0 aliphatic carbocycles. The van der Waals surface area contributed by atoms with Gasteiger partial charge in [0.15, 0.2) is 0 Å². The summed E-state index contributed by atoms with van der Waals surface area (Å²) >= 11 is 8.53. The topological polar surface area (TPSA) is 41.3 Å². The number of hydrogen-bond acceptors (Lipinski definition) is 3. The molecule has 5 heteroatoms. The fraction of sp³-hybridized carbons (Fsp3) is 0.417. The molecule has 0 aromatic heterocycles. The fourth-order valence-corrected chi connectivity index (χ4v) is 2.29. The summed E-state index contributed by atoms with van der Waals surface area (Å²) in [7, 11) is 4.11. The summed E-state index contributed by atoms with van der Waals surface area (Å²) in [6.45, 7) is 3.00. The zero-order valence-electron chi connectivity index (χ0n) is 10.3. The minimum absolute atomic E-state index is 0.400. The Kier molecular flexibility index (Phi) is 5.36. The number of nitrogens with one attached hydrogen (secondary N) is 1. The van der Waals surface area contributed by atoms with Crippen LogP contribution in [0.3, 0.4) is 0 Å². The normalized spacial score (nSPS) is 12.5. The zero-order valence-corrected chi connectivity index (χ0v) is 12.7. The number of thiocarbonyl (C=S) groups is 1. The highest BCUT2D eigenvalue weighted by Crippen LogP contribution is 2.24. The van der Waals surface area contributed by atoms with Crippen molar-refractivity contribution in [2.24, 2.45) is 5.73 Å². The molecule has 94 valence electrons. The van der Waals surface area contributed by atoms with Crippen LogP contribution in [-0.4, -0.2) is 36.6 Å². The van der Waals surface area contributed by atoms with Crippen LogP contribution in [0.1, 0.15) is 12.5 Å². The van der Waals surface area contributed by atoms with Gasteiger partial charge in [0.25, 0.3) is 0 Å². The van der Waals surface area contributed by atoms with E-state index in [0.717, 1.165) is 22.3 Å². The first-order valence-electron chi connectivity index (χ1n) is 5.42. The van der Waals surface area contributed by atoms with E-state index in [1.165, 1.54) is 0 Å². The van der Waals surface area contributed by atoms with E-state index in [1.54, 1.807) is 0 Å². The summed E-state index contributed by atoms with van der Waals surface area (Å²) in [5, 5.41) is 3.38. The van der Waals surface area contributed by atoms with Gasteiger partial charge in [0.2, 0.25) is 0 Å². The van der Waals surface area contributed by atoms with E-state index in [2.05, 4.69) is 47.2 Å². The highest BCUT2D eigenvalue weighted by Gasteiger charge is 2.10. The van der Waals surface area contributed by atoms with E-state index in [9.17, 15) is 0 Å². The summed E-state index contributed by atoms with van der Waals surface area (Å²) in [5.41, 5.74) is 7.57. The van der Waals surface area contributed by atoms with Gasteiger partial charge < -0.3 is 16.0 Å². The summed E-state index contributed by atoms with van der Waals surface area (Å²) in [5.74, 6) is 0. The second kappa shape index (κ2) is 6.33. The number of nitrogens with zero attached hydrogens (tertiary/aromatic N) is 1. The fourth-order valence-electron chi connectivity index (χ4n) is 1.36. The largest absolute Gasteiger partial charge is 0.389 e. The lowest BCUT2D eigenvalue weighted by Crippen LogP contribution is -2.32. The van der Waals surface area contributed by atoms with Crippen molar-refractivity contribution in [2.75, 3.05) is 26.0 Å². The summed E-state index contributed by atoms with van der Waals surface area (Å²) in [6, 6.07) is 6.33. The molecule has 0 saturated heterocycles. The lowest BCUT2D eigenvalue weighted by atomic mass is 10.1. The van der Waals surface area contributed by atoms with E-state index in [1.807, 2.05) is 18.2 Å². The molecule has 3 nitrogen and oxygen atoms in total. The van der Waals surface area contributed by atoms with Crippen LogP contribution in [0.25, 0.3) is 0 Å². The van der Waals surface area contributed by atoms with Crippen LogP contribution in [0.4, 0.5) is 5.69 Å². The third-order valence-corrected chi connectivity index (χ3v) is 3.59. The molecule has 1 aromatic rings. The maximum atomic E-state index is 5.73. The average molecular weight is 316 g/mol. The van der Waals surface area contributed by atoms with E-state index in [0.29, 0.717) is 11.0 Å².